The Bertz CT molecular complexity index is 5410. The number of aromatic nitrogens is 4. The van der Waals surface area contributed by atoms with Gasteiger partial charge in [0, 0.05) is 65.8 Å². The minimum Gasteiger partial charge on any atom is -0.488 e. The van der Waals surface area contributed by atoms with Gasteiger partial charge in [0.05, 0.1) is 75.0 Å². The molecule has 4 fully saturated rings. The molecule has 1 aliphatic carbocycles. The number of carbonyl (C=O) groups is 8. The molecule has 10 heterocycles. The zero-order valence-corrected chi connectivity index (χ0v) is 74.7. The number of nitrogens with one attached hydrogen (secondary N) is 5. The largest absolute Gasteiger partial charge is 0.488 e. The van der Waals surface area contributed by atoms with Crippen LogP contribution in [0.1, 0.15) is 220 Å². The number of hydrogen-bond acceptors (Lipinski definition) is 19. The highest BCUT2D eigenvalue weighted by Gasteiger charge is 2.47. The Labute approximate surface area is 724 Å². The van der Waals surface area contributed by atoms with Crippen molar-refractivity contribution in [3.05, 3.63) is 130 Å². The maximum Gasteiger partial charge on any atom is 0.411 e. The van der Waals surface area contributed by atoms with E-state index < -0.39 is 53.6 Å². The smallest absolute Gasteiger partial charge is 0.411 e. The fourth-order valence-corrected chi connectivity index (χ4v) is 18.9. The summed E-state index contributed by atoms with van der Waals surface area (Å²) in [5, 5.41) is 18.5. The van der Waals surface area contributed by atoms with Gasteiger partial charge in [-0.05, 0) is 253 Å². The second-order valence-electron chi connectivity index (χ2n) is 37.4. The highest BCUT2D eigenvalue weighted by atomic mass is 16.6. The number of fused-ring (bicyclic) bond motifs is 11. The molecule has 16 rings (SSSR count). The van der Waals surface area contributed by atoms with Crippen LogP contribution in [0, 0.1) is 23.7 Å². The molecule has 8 aliphatic heterocycles. The first-order valence-electron chi connectivity index (χ1n) is 43.6. The lowest BCUT2D eigenvalue weighted by Gasteiger charge is -2.32. The Balaban J connectivity index is 0.000000179. The summed E-state index contributed by atoms with van der Waals surface area (Å²) in [4.78, 5) is 134. The van der Waals surface area contributed by atoms with Crippen LogP contribution >= 0.6 is 0 Å². The molecule has 660 valence electrons. The fourth-order valence-electron chi connectivity index (χ4n) is 18.9. The Morgan fingerprint density at radius 1 is 0.508 bits per heavy atom. The number of aryl methyl sites for hydroxylation is 1. The van der Waals surface area contributed by atoms with E-state index in [0.717, 1.165) is 171 Å². The molecule has 0 unspecified atom stereocenters. The van der Waals surface area contributed by atoms with E-state index in [2.05, 4.69) is 124 Å². The molecule has 0 saturated carbocycles. The lowest BCUT2D eigenvalue weighted by Crippen LogP contribution is -2.53. The summed E-state index contributed by atoms with van der Waals surface area (Å²) in [6.45, 7) is 32.3. The quantitative estimate of drug-likeness (QED) is 0.0519. The summed E-state index contributed by atoms with van der Waals surface area (Å²) in [5.74, 6) is 1.78. The van der Waals surface area contributed by atoms with E-state index in [1.165, 1.54) is 43.6 Å². The Morgan fingerprint density at radius 3 is 1.52 bits per heavy atom. The van der Waals surface area contributed by atoms with E-state index in [4.69, 9.17) is 53.5 Å². The average Bonchev–Trinajstić information content (AvgIpc) is 1.04. The molecule has 0 bridgehead atoms. The average molecular weight is 1700 g/mol. The number of likely N-dealkylation sites (tertiary alicyclic amines) is 4. The third kappa shape index (κ3) is 18.4. The number of methoxy groups -OCH3 is 3. The summed E-state index contributed by atoms with van der Waals surface area (Å²) >= 11 is 0. The van der Waals surface area contributed by atoms with E-state index in [1.807, 2.05) is 108 Å². The van der Waals surface area contributed by atoms with Crippen LogP contribution in [-0.4, -0.2) is 192 Å². The number of carbonyl (C=O) groups excluding carboxylic acids is 7. The summed E-state index contributed by atoms with van der Waals surface area (Å²) in [7, 11) is 3.79. The normalized spacial score (nSPS) is 21.6. The van der Waals surface area contributed by atoms with Gasteiger partial charge in [-0.1, -0.05) is 78.8 Å². The van der Waals surface area contributed by atoms with Crippen LogP contribution in [0.2, 0.25) is 0 Å². The molecule has 7 amide bonds. The van der Waals surface area contributed by atoms with Gasteiger partial charge in [0.25, 0.3) is 0 Å². The van der Waals surface area contributed by atoms with Crippen molar-refractivity contribution in [2.75, 3.05) is 27.9 Å². The molecule has 7 aromatic rings. The van der Waals surface area contributed by atoms with E-state index in [1.54, 1.807) is 13.8 Å². The number of nitrogens with zero attached hydrogens (tertiary/aromatic N) is 8. The molecule has 2 aromatic heterocycles. The summed E-state index contributed by atoms with van der Waals surface area (Å²) < 4.78 is 38.4. The van der Waals surface area contributed by atoms with Gasteiger partial charge in [-0.2, -0.15) is 0 Å². The van der Waals surface area contributed by atoms with Crippen LogP contribution in [0.25, 0.3) is 61.1 Å². The van der Waals surface area contributed by atoms with Gasteiger partial charge in [-0.3, -0.25) is 29.4 Å². The molecule has 4 saturated heterocycles. The molecule has 29 heteroatoms. The van der Waals surface area contributed by atoms with E-state index in [0.29, 0.717) is 37.9 Å². The van der Waals surface area contributed by atoms with Gasteiger partial charge < -0.3 is 74.0 Å². The van der Waals surface area contributed by atoms with Crippen molar-refractivity contribution in [2.24, 2.45) is 33.7 Å². The van der Waals surface area contributed by atoms with Gasteiger partial charge in [0.2, 0.25) is 11.8 Å². The maximum atomic E-state index is 13.9. The third-order valence-corrected chi connectivity index (χ3v) is 25.2. The SMILES string of the molecule is COC(=O)N[C@H](C(=O)N1C[C@@H](C)C[C@H]1C1=Nc2ccc3cc4c(cc3c2C1)OCc1cc(-c2cnc([C@@H]3CC[C@H](C)N3C(=O)[C@@H](NC(=O)OC)C(C)C)[nH]2)ccc1-4)C(C)C.COC(=O)N[C@H](C(=O)O)C(C)C.C[C@H]1CC[C@@H](C2=NC3=C(C2)c2cc4c(cc2CC3)-c2ccc(-c3cnc([C@@H]5CC[C@H](C)N5C(=O)OC(C)(C)C)[nH]3)cc2CO4)N1C(=O)OC(C)(C)C. The number of amides is 7. The van der Waals surface area contributed by atoms with E-state index in [9.17, 15) is 38.4 Å². The zero-order chi connectivity index (χ0) is 89.0. The second kappa shape index (κ2) is 35.8. The van der Waals surface area contributed by atoms with Gasteiger partial charge in [0.15, 0.2) is 0 Å². The Morgan fingerprint density at radius 2 is 0.992 bits per heavy atom. The van der Waals surface area contributed by atoms with Crippen molar-refractivity contribution in [1.29, 1.82) is 0 Å². The Hall–Kier alpha value is -11.8. The topological polar surface area (TPSA) is 353 Å². The van der Waals surface area contributed by atoms with E-state index in [-0.39, 0.29) is 84.0 Å². The van der Waals surface area contributed by atoms with Crippen LogP contribution in [0.15, 0.2) is 101 Å². The van der Waals surface area contributed by atoms with Crippen molar-refractivity contribution in [1.82, 2.24) is 55.5 Å². The number of ether oxygens (including phenoxy) is 7. The number of carboxylic acid groups (broad SMARTS) is 1. The van der Waals surface area contributed by atoms with Crippen molar-refractivity contribution < 1.29 is 76.6 Å². The number of aliphatic imine (C=N–C) groups is 2. The van der Waals surface area contributed by atoms with Crippen molar-refractivity contribution in [2.45, 2.75) is 266 Å². The number of aliphatic carboxylic acids is 1. The molecule has 11 atom stereocenters. The number of imidazole rings is 2. The standard InChI is InChI=1S/C46H55N7O7.C42H51N5O5.C7H13NO4/c1-23(2)40(50-45(56)58-7)43(54)52-21-25(5)15-38(52)35-18-32-31-19-39-33(17-27(31)11-13-34(32)48-35)30-12-10-28(16-29(30)22-60-39)36-20-47-42(49-36)37-14-9-26(6)53(37)44(55)41(24(3)4)51-46(57)59-8;1-23-9-15-35(46(23)39(48)51-41(3,4)5)33-19-30-29-20-37-31(18-25(29)12-14-32(30)44-33)28-13-11-26(17-27(28)22-50-37)34-21-43-38(45-34)36-16-10-24(2)47(36)40(49)52-42(6,7)8;1-4(2)5(6(9)10)8-7(11)12-3/h10-13,16-17,19-20,23-26,37-38,40-41H,9,14-15,18,21-22H2,1-8H3,(H,47,49)(H,50,56)(H,51,57);11,13,17-18,20-21,23-24,35-36H,9-10,12,14-16,19,22H2,1-8H3,(H,43,45);4-5H,1-3H3,(H,8,11)(H,9,10)/t25-,26-,37-,38-,40-,41-;23-,24-,35-,36-;5-/m000/s1. The molecule has 29 nitrogen and oxygen atoms in total. The maximum absolute atomic E-state index is 13.9. The number of alkyl carbamates (subject to hydrolysis) is 3. The van der Waals surface area contributed by atoms with Crippen LogP contribution in [-0.2, 0) is 64.1 Å². The zero-order valence-electron chi connectivity index (χ0n) is 74.7. The number of carboxylic acids is 1. The molecule has 0 radical (unpaired) electrons. The first-order chi connectivity index (χ1) is 58.9. The number of benzene rings is 5. The number of rotatable bonds is 15. The Kier molecular flexibility index (Phi) is 25.6. The van der Waals surface area contributed by atoms with Crippen molar-refractivity contribution in [3.63, 3.8) is 0 Å². The van der Waals surface area contributed by atoms with Gasteiger partial charge >= 0.3 is 36.4 Å². The summed E-state index contributed by atoms with van der Waals surface area (Å²) in [6.07, 6.45) is 10.3. The van der Waals surface area contributed by atoms with Crippen molar-refractivity contribution >= 4 is 81.7 Å². The van der Waals surface area contributed by atoms with Crippen LogP contribution in [0.4, 0.5) is 29.7 Å². The molecule has 0 spiro atoms. The lowest BCUT2D eigenvalue weighted by molar-refractivity contribution is -0.140. The number of H-pyrrole nitrogens is 2. The van der Waals surface area contributed by atoms with Gasteiger partial charge in [-0.15, -0.1) is 0 Å². The van der Waals surface area contributed by atoms with Gasteiger partial charge in [0.1, 0.15) is 65.7 Å². The monoisotopic (exact) mass is 1700 g/mol. The highest BCUT2D eigenvalue weighted by Crippen LogP contribution is 2.50. The van der Waals surface area contributed by atoms with Crippen LogP contribution < -0.4 is 25.4 Å². The van der Waals surface area contributed by atoms with Crippen LogP contribution in [0.3, 0.4) is 0 Å². The molecule has 124 heavy (non-hydrogen) atoms. The molecular formula is C95H119N13O16. The molecule has 6 N–H and O–H groups in total. The predicted octanol–water partition coefficient (Wildman–Crippen LogP) is 17.3. The minimum atomic E-state index is -1.06. The lowest BCUT2D eigenvalue weighted by atomic mass is 9.83. The molecule has 9 aliphatic rings. The third-order valence-electron chi connectivity index (χ3n) is 25.2. The van der Waals surface area contributed by atoms with E-state index >= 15 is 0 Å². The summed E-state index contributed by atoms with van der Waals surface area (Å²) in [5.41, 5.74) is 18.3. The number of aromatic amines is 2. The summed E-state index contributed by atoms with van der Waals surface area (Å²) in [6, 6.07) is 23.2. The first kappa shape index (κ1) is 88.5. The predicted molar refractivity (Wildman–Crippen MR) is 471 cm³/mol. The van der Waals surface area contributed by atoms with Crippen molar-refractivity contribution in [3.8, 4) is 56.3 Å². The first-order valence-corrected chi connectivity index (χ1v) is 43.6. The number of hydrogen-bond donors (Lipinski definition) is 6. The molecular weight excluding hydrogens is 1580 g/mol. The number of allylic oxidation sites excluding steroid dienone is 2. The second-order valence-corrected chi connectivity index (χ2v) is 37.4. The van der Waals surface area contributed by atoms with Gasteiger partial charge in [-0.25, -0.2) is 38.7 Å². The minimum absolute atomic E-state index is 0.0116. The highest BCUT2D eigenvalue weighted by molar-refractivity contribution is 6.08. The van der Waals surface area contributed by atoms with Crippen LogP contribution in [0.5, 0.6) is 11.5 Å². The fraction of sp³-hybridized carbons (Fsp3) is 0.516. The molecule has 5 aromatic carbocycles.